The maximum atomic E-state index is 12.4. The van der Waals surface area contributed by atoms with Gasteiger partial charge in [-0.15, -0.1) is 0 Å². The molecule has 0 atom stereocenters. The number of nitrogens with zero attached hydrogens (tertiary/aromatic N) is 1. The third kappa shape index (κ3) is 3.96. The van der Waals surface area contributed by atoms with Gasteiger partial charge in [0.1, 0.15) is 0 Å². The van der Waals surface area contributed by atoms with E-state index in [0.717, 1.165) is 9.13 Å². The molecule has 0 aromatic heterocycles. The average molecular weight is 347 g/mol. The molecule has 0 heterocycles. The van der Waals surface area contributed by atoms with Crippen molar-refractivity contribution in [1.82, 2.24) is 4.90 Å². The molecule has 1 aromatic rings. The third-order valence-electron chi connectivity index (χ3n) is 2.52. The number of carbonyl (C=O) groups excluding carboxylic acids is 1. The Hall–Kier alpha value is -0.620. The first-order chi connectivity index (χ1) is 8.07. The van der Waals surface area contributed by atoms with Crippen LogP contribution < -0.4 is 0 Å². The zero-order valence-corrected chi connectivity index (χ0v) is 12.6. The lowest BCUT2D eigenvalue weighted by Gasteiger charge is -2.26. The van der Waals surface area contributed by atoms with Gasteiger partial charge in [0.05, 0.1) is 12.2 Å². The van der Waals surface area contributed by atoms with Crippen molar-refractivity contribution in [3.63, 3.8) is 0 Å². The lowest BCUT2D eigenvalue weighted by atomic mass is 10.1. The van der Waals surface area contributed by atoms with Crippen LogP contribution in [-0.4, -0.2) is 37.1 Å². The van der Waals surface area contributed by atoms with E-state index in [1.165, 1.54) is 0 Å². The van der Waals surface area contributed by atoms with Gasteiger partial charge in [-0.05, 0) is 48.6 Å². The second kappa shape index (κ2) is 6.96. The second-order valence-corrected chi connectivity index (χ2v) is 5.23. The van der Waals surface area contributed by atoms with Crippen LogP contribution in [0.25, 0.3) is 0 Å². The minimum Gasteiger partial charge on any atom is -0.383 e. The maximum Gasteiger partial charge on any atom is 0.255 e. The van der Waals surface area contributed by atoms with Crippen molar-refractivity contribution in [1.29, 1.82) is 0 Å². The first-order valence-corrected chi connectivity index (χ1v) is 6.70. The fraction of sp³-hybridized carbons (Fsp3) is 0.462. The first kappa shape index (κ1) is 14.4. The molecule has 0 spiro atoms. The Labute approximate surface area is 116 Å². The third-order valence-corrected chi connectivity index (χ3v) is 3.47. The molecule has 0 radical (unpaired) electrons. The Kier molecular flexibility index (Phi) is 5.91. The number of rotatable bonds is 5. The highest BCUT2D eigenvalue weighted by Crippen LogP contribution is 2.15. The van der Waals surface area contributed by atoms with Crippen LogP contribution in [0.3, 0.4) is 0 Å². The van der Waals surface area contributed by atoms with Gasteiger partial charge in [0.25, 0.3) is 5.91 Å². The molecule has 1 aromatic carbocycles. The summed E-state index contributed by atoms with van der Waals surface area (Å²) in [5, 5.41) is 0. The molecule has 1 rings (SSSR count). The van der Waals surface area contributed by atoms with Crippen LogP contribution in [0, 0.1) is 3.57 Å². The zero-order valence-electron chi connectivity index (χ0n) is 10.4. The number of hydrogen-bond acceptors (Lipinski definition) is 2. The van der Waals surface area contributed by atoms with Gasteiger partial charge in [-0.1, -0.05) is 12.1 Å². The number of ether oxygens (including phenoxy) is 1. The van der Waals surface area contributed by atoms with Gasteiger partial charge < -0.3 is 9.64 Å². The van der Waals surface area contributed by atoms with E-state index >= 15 is 0 Å². The van der Waals surface area contributed by atoms with E-state index in [1.54, 1.807) is 7.11 Å². The Morgan fingerprint density at radius 3 is 2.59 bits per heavy atom. The summed E-state index contributed by atoms with van der Waals surface area (Å²) in [4.78, 5) is 14.2. The van der Waals surface area contributed by atoms with E-state index < -0.39 is 0 Å². The molecule has 0 aliphatic rings. The topological polar surface area (TPSA) is 29.5 Å². The lowest BCUT2D eigenvalue weighted by Crippen LogP contribution is -2.39. The summed E-state index contributed by atoms with van der Waals surface area (Å²) < 4.78 is 6.03. The fourth-order valence-corrected chi connectivity index (χ4v) is 2.19. The SMILES string of the molecule is COCCN(C(=O)c1ccccc1I)C(C)C. The number of methoxy groups -OCH3 is 1. The van der Waals surface area contributed by atoms with Crippen molar-refractivity contribution in [2.24, 2.45) is 0 Å². The van der Waals surface area contributed by atoms with Gasteiger partial charge in [0.2, 0.25) is 0 Å². The molecule has 0 unspecified atom stereocenters. The van der Waals surface area contributed by atoms with Gasteiger partial charge in [0, 0.05) is 23.3 Å². The molecule has 94 valence electrons. The van der Waals surface area contributed by atoms with Crippen LogP contribution >= 0.6 is 22.6 Å². The number of carbonyl (C=O) groups is 1. The smallest absolute Gasteiger partial charge is 0.255 e. The highest BCUT2D eigenvalue weighted by molar-refractivity contribution is 14.1. The fourth-order valence-electron chi connectivity index (χ4n) is 1.57. The zero-order chi connectivity index (χ0) is 12.8. The number of amides is 1. The predicted octanol–water partition coefficient (Wildman–Crippen LogP) is 2.79. The number of halogens is 1. The van der Waals surface area contributed by atoms with Crippen molar-refractivity contribution in [3.8, 4) is 0 Å². The van der Waals surface area contributed by atoms with Crippen LogP contribution in [0.5, 0.6) is 0 Å². The van der Waals surface area contributed by atoms with Gasteiger partial charge >= 0.3 is 0 Å². The van der Waals surface area contributed by atoms with E-state index in [-0.39, 0.29) is 11.9 Å². The minimum absolute atomic E-state index is 0.0713. The summed E-state index contributed by atoms with van der Waals surface area (Å²) in [6.45, 7) is 5.22. The van der Waals surface area contributed by atoms with E-state index in [2.05, 4.69) is 22.6 Å². The summed E-state index contributed by atoms with van der Waals surface area (Å²) in [6, 6.07) is 7.82. The largest absolute Gasteiger partial charge is 0.383 e. The average Bonchev–Trinajstić information content (AvgIpc) is 2.29. The van der Waals surface area contributed by atoms with Crippen LogP contribution in [0.2, 0.25) is 0 Å². The van der Waals surface area contributed by atoms with Crippen LogP contribution in [-0.2, 0) is 4.74 Å². The Bertz CT molecular complexity index is 379. The quantitative estimate of drug-likeness (QED) is 0.767. The van der Waals surface area contributed by atoms with E-state index in [1.807, 2.05) is 43.0 Å². The normalized spacial score (nSPS) is 10.6. The predicted molar refractivity (Wildman–Crippen MR) is 77.2 cm³/mol. The van der Waals surface area contributed by atoms with Crippen molar-refractivity contribution >= 4 is 28.5 Å². The molecule has 0 N–H and O–H groups in total. The molecule has 0 saturated heterocycles. The Balaban J connectivity index is 2.88. The van der Waals surface area contributed by atoms with Crippen LogP contribution in [0.1, 0.15) is 24.2 Å². The highest BCUT2D eigenvalue weighted by atomic mass is 127. The van der Waals surface area contributed by atoms with Crippen LogP contribution in [0.15, 0.2) is 24.3 Å². The van der Waals surface area contributed by atoms with Crippen molar-refractivity contribution in [2.45, 2.75) is 19.9 Å². The monoisotopic (exact) mass is 347 g/mol. The molecule has 0 aliphatic heterocycles. The number of benzene rings is 1. The Morgan fingerprint density at radius 1 is 1.41 bits per heavy atom. The highest BCUT2D eigenvalue weighted by Gasteiger charge is 2.19. The molecule has 1 amide bonds. The van der Waals surface area contributed by atoms with Gasteiger partial charge in [-0.2, -0.15) is 0 Å². The van der Waals surface area contributed by atoms with Gasteiger partial charge in [-0.3, -0.25) is 4.79 Å². The summed E-state index contributed by atoms with van der Waals surface area (Å²) in [7, 11) is 1.65. The molecule has 17 heavy (non-hydrogen) atoms. The molecule has 0 saturated carbocycles. The minimum atomic E-state index is 0.0713. The van der Waals surface area contributed by atoms with Crippen molar-refractivity contribution in [2.75, 3.05) is 20.3 Å². The van der Waals surface area contributed by atoms with Crippen molar-refractivity contribution < 1.29 is 9.53 Å². The molecule has 4 heteroatoms. The summed E-state index contributed by atoms with van der Waals surface area (Å²) in [6.07, 6.45) is 0. The summed E-state index contributed by atoms with van der Waals surface area (Å²) in [5.74, 6) is 0.0713. The lowest BCUT2D eigenvalue weighted by molar-refractivity contribution is 0.0634. The second-order valence-electron chi connectivity index (χ2n) is 4.06. The molecule has 0 bridgehead atoms. The molecular formula is C13H18INO2. The molecule has 0 fully saturated rings. The molecule has 3 nitrogen and oxygen atoms in total. The summed E-state index contributed by atoms with van der Waals surface area (Å²) in [5.41, 5.74) is 0.762. The molecular weight excluding hydrogens is 329 g/mol. The van der Waals surface area contributed by atoms with Crippen LogP contribution in [0.4, 0.5) is 0 Å². The van der Waals surface area contributed by atoms with E-state index in [9.17, 15) is 4.79 Å². The summed E-state index contributed by atoms with van der Waals surface area (Å²) >= 11 is 2.19. The van der Waals surface area contributed by atoms with Gasteiger partial charge in [0.15, 0.2) is 0 Å². The first-order valence-electron chi connectivity index (χ1n) is 5.62. The van der Waals surface area contributed by atoms with Gasteiger partial charge in [-0.25, -0.2) is 0 Å². The maximum absolute atomic E-state index is 12.4. The van der Waals surface area contributed by atoms with Crippen molar-refractivity contribution in [3.05, 3.63) is 33.4 Å². The van der Waals surface area contributed by atoms with E-state index in [0.29, 0.717) is 13.2 Å². The Morgan fingerprint density at radius 2 is 2.06 bits per heavy atom. The number of hydrogen-bond donors (Lipinski definition) is 0. The van der Waals surface area contributed by atoms with E-state index in [4.69, 9.17) is 4.74 Å². The standard InChI is InChI=1S/C13H18INO2/c1-10(2)15(8-9-17-3)13(16)11-6-4-5-7-12(11)14/h4-7,10H,8-9H2,1-3H3. The molecule has 0 aliphatic carbocycles.